The van der Waals surface area contributed by atoms with E-state index in [1.165, 1.54) is 45.2 Å². The number of aldehydes is 1. The number of hydrogen-bond acceptors (Lipinski definition) is 2. The van der Waals surface area contributed by atoms with Gasteiger partial charge in [-0.15, -0.1) is 0 Å². The van der Waals surface area contributed by atoms with Crippen LogP contribution in [0, 0.1) is 5.92 Å². The van der Waals surface area contributed by atoms with Crippen LogP contribution in [0.25, 0.3) is 0 Å². The molecule has 1 heterocycles. The summed E-state index contributed by atoms with van der Waals surface area (Å²) in [6.45, 7) is 2.43. The second kappa shape index (κ2) is 7.07. The van der Waals surface area contributed by atoms with E-state index in [1.807, 2.05) is 0 Å². The van der Waals surface area contributed by atoms with Gasteiger partial charge in [-0.2, -0.15) is 0 Å². The van der Waals surface area contributed by atoms with Crippen LogP contribution in [-0.2, 0) is 4.79 Å². The van der Waals surface area contributed by atoms with Crippen LogP contribution in [0.1, 0.15) is 44.9 Å². The average Bonchev–Trinajstić information content (AvgIpc) is 2.19. The highest BCUT2D eigenvalue weighted by molar-refractivity contribution is 5.48. The Kier molecular flexibility index (Phi) is 5.83. The molecule has 0 aromatic rings. The van der Waals surface area contributed by atoms with Crippen molar-refractivity contribution in [3.63, 3.8) is 0 Å². The summed E-state index contributed by atoms with van der Waals surface area (Å²) in [5, 5.41) is 3.43. The van der Waals surface area contributed by atoms with E-state index in [-0.39, 0.29) is 0 Å². The summed E-state index contributed by atoms with van der Waals surface area (Å²) in [4.78, 5) is 10.1. The van der Waals surface area contributed by atoms with Crippen LogP contribution < -0.4 is 5.32 Å². The van der Waals surface area contributed by atoms with Crippen molar-refractivity contribution in [2.75, 3.05) is 13.1 Å². The number of carbonyl (C=O) groups excluding carboxylic acids is 1. The lowest BCUT2D eigenvalue weighted by molar-refractivity contribution is -0.107. The predicted molar refractivity (Wildman–Crippen MR) is 54.7 cm³/mol. The van der Waals surface area contributed by atoms with Crippen molar-refractivity contribution in [2.24, 2.45) is 5.92 Å². The Hall–Kier alpha value is -0.370. The van der Waals surface area contributed by atoms with E-state index in [9.17, 15) is 4.79 Å². The van der Waals surface area contributed by atoms with Crippen LogP contribution in [0.3, 0.4) is 0 Å². The van der Waals surface area contributed by atoms with Gasteiger partial charge in [0.15, 0.2) is 0 Å². The highest BCUT2D eigenvalue weighted by atomic mass is 16.1. The zero-order chi connectivity index (χ0) is 9.36. The van der Waals surface area contributed by atoms with E-state index in [4.69, 9.17) is 0 Å². The maximum Gasteiger partial charge on any atom is 0.119 e. The Morgan fingerprint density at radius 2 is 2.23 bits per heavy atom. The van der Waals surface area contributed by atoms with Gasteiger partial charge in [0.05, 0.1) is 0 Å². The van der Waals surface area contributed by atoms with Gasteiger partial charge < -0.3 is 10.1 Å². The summed E-state index contributed by atoms with van der Waals surface area (Å²) in [7, 11) is 0. The van der Waals surface area contributed by atoms with E-state index >= 15 is 0 Å². The van der Waals surface area contributed by atoms with E-state index in [2.05, 4.69) is 5.32 Å². The molecule has 1 N–H and O–H groups in total. The summed E-state index contributed by atoms with van der Waals surface area (Å²) < 4.78 is 0. The minimum Gasteiger partial charge on any atom is -0.316 e. The maximum absolute atomic E-state index is 10.1. The van der Waals surface area contributed by atoms with Crippen molar-refractivity contribution < 1.29 is 4.79 Å². The van der Waals surface area contributed by atoms with E-state index in [0.29, 0.717) is 0 Å². The lowest BCUT2D eigenvalue weighted by Crippen LogP contribution is -2.29. The Morgan fingerprint density at radius 3 is 2.92 bits per heavy atom. The molecule has 0 spiro atoms. The van der Waals surface area contributed by atoms with Crippen LogP contribution >= 0.6 is 0 Å². The lowest BCUT2D eigenvalue weighted by Gasteiger charge is -2.22. The quantitative estimate of drug-likeness (QED) is 0.505. The molecule has 0 radical (unpaired) electrons. The second-order valence-corrected chi connectivity index (χ2v) is 4.02. The van der Waals surface area contributed by atoms with E-state index in [0.717, 1.165) is 25.0 Å². The Bertz CT molecular complexity index is 130. The van der Waals surface area contributed by atoms with Crippen molar-refractivity contribution in [3.05, 3.63) is 0 Å². The first kappa shape index (κ1) is 10.7. The number of piperidine rings is 1. The molecular formula is C11H21NO. The molecule has 0 amide bonds. The minimum atomic E-state index is 0.753. The molecular weight excluding hydrogens is 162 g/mol. The fraction of sp³-hybridized carbons (Fsp3) is 0.909. The topological polar surface area (TPSA) is 29.1 Å². The summed E-state index contributed by atoms with van der Waals surface area (Å²) in [6, 6.07) is 0. The molecule has 2 nitrogen and oxygen atoms in total. The van der Waals surface area contributed by atoms with Crippen molar-refractivity contribution in [1.82, 2.24) is 5.32 Å². The summed E-state index contributed by atoms with van der Waals surface area (Å²) >= 11 is 0. The molecule has 1 aliphatic heterocycles. The highest BCUT2D eigenvalue weighted by Gasteiger charge is 2.11. The smallest absolute Gasteiger partial charge is 0.119 e. The molecule has 0 aromatic carbocycles. The van der Waals surface area contributed by atoms with Crippen molar-refractivity contribution in [3.8, 4) is 0 Å². The molecule has 0 bridgehead atoms. The molecule has 76 valence electrons. The van der Waals surface area contributed by atoms with E-state index < -0.39 is 0 Å². The highest BCUT2D eigenvalue weighted by Crippen LogP contribution is 2.17. The number of carbonyl (C=O) groups is 1. The molecule has 2 heteroatoms. The van der Waals surface area contributed by atoms with Gasteiger partial charge in [0.1, 0.15) is 6.29 Å². The number of rotatable bonds is 6. The Labute approximate surface area is 81.1 Å². The first-order valence-electron chi connectivity index (χ1n) is 5.58. The summed E-state index contributed by atoms with van der Waals surface area (Å²) in [5.74, 6) is 0.907. The van der Waals surface area contributed by atoms with Gasteiger partial charge >= 0.3 is 0 Å². The Balaban J connectivity index is 1.89. The van der Waals surface area contributed by atoms with Crippen LogP contribution in [0.2, 0.25) is 0 Å². The van der Waals surface area contributed by atoms with Crippen LogP contribution in [0.15, 0.2) is 0 Å². The molecule has 0 aromatic heterocycles. The molecule has 1 aliphatic rings. The fourth-order valence-electron chi connectivity index (χ4n) is 2.01. The van der Waals surface area contributed by atoms with Crippen molar-refractivity contribution in [2.45, 2.75) is 44.9 Å². The third-order valence-electron chi connectivity index (χ3n) is 2.83. The molecule has 13 heavy (non-hydrogen) atoms. The normalized spacial score (nSPS) is 22.9. The van der Waals surface area contributed by atoms with Gasteiger partial charge in [0.25, 0.3) is 0 Å². The third-order valence-corrected chi connectivity index (χ3v) is 2.83. The van der Waals surface area contributed by atoms with Crippen molar-refractivity contribution in [1.29, 1.82) is 0 Å². The number of unbranched alkanes of at least 4 members (excludes halogenated alkanes) is 3. The SMILES string of the molecule is O=CCCCCCC1CCCNC1. The van der Waals surface area contributed by atoms with Crippen molar-refractivity contribution >= 4 is 6.29 Å². The molecule has 1 unspecified atom stereocenters. The summed E-state index contributed by atoms with van der Waals surface area (Å²) in [6.07, 6.45) is 9.51. The first-order valence-corrected chi connectivity index (χ1v) is 5.58. The van der Waals surface area contributed by atoms with Crippen LogP contribution in [-0.4, -0.2) is 19.4 Å². The zero-order valence-corrected chi connectivity index (χ0v) is 8.43. The van der Waals surface area contributed by atoms with Crippen LogP contribution in [0.5, 0.6) is 0 Å². The molecule has 0 aliphatic carbocycles. The fourth-order valence-corrected chi connectivity index (χ4v) is 2.01. The van der Waals surface area contributed by atoms with Gasteiger partial charge in [-0.3, -0.25) is 0 Å². The summed E-state index contributed by atoms with van der Waals surface area (Å²) in [5.41, 5.74) is 0. The van der Waals surface area contributed by atoms with E-state index in [1.54, 1.807) is 0 Å². The molecule has 0 saturated carbocycles. The second-order valence-electron chi connectivity index (χ2n) is 4.02. The zero-order valence-electron chi connectivity index (χ0n) is 8.43. The average molecular weight is 183 g/mol. The van der Waals surface area contributed by atoms with Gasteiger partial charge in [0.2, 0.25) is 0 Å². The molecule has 1 fully saturated rings. The number of nitrogens with one attached hydrogen (secondary N) is 1. The minimum absolute atomic E-state index is 0.753. The maximum atomic E-state index is 10.1. The largest absolute Gasteiger partial charge is 0.316 e. The standard InChI is InChI=1S/C11H21NO/c13-9-4-2-1-3-6-11-7-5-8-12-10-11/h9,11-12H,1-8,10H2. The molecule has 1 rings (SSSR count). The molecule has 1 saturated heterocycles. The first-order chi connectivity index (χ1) is 6.43. The number of hydrogen-bond donors (Lipinski definition) is 1. The Morgan fingerprint density at radius 1 is 1.31 bits per heavy atom. The third kappa shape index (κ3) is 5.04. The van der Waals surface area contributed by atoms with Gasteiger partial charge in [-0.1, -0.05) is 12.8 Å². The van der Waals surface area contributed by atoms with Gasteiger partial charge in [-0.25, -0.2) is 0 Å². The lowest BCUT2D eigenvalue weighted by atomic mass is 9.93. The molecule has 1 atom stereocenters. The monoisotopic (exact) mass is 183 g/mol. The van der Waals surface area contributed by atoms with Gasteiger partial charge in [0, 0.05) is 6.42 Å². The van der Waals surface area contributed by atoms with Gasteiger partial charge in [-0.05, 0) is 44.7 Å². The predicted octanol–water partition coefficient (Wildman–Crippen LogP) is 2.14. The van der Waals surface area contributed by atoms with Crippen LogP contribution in [0.4, 0.5) is 0 Å².